The minimum absolute atomic E-state index is 0.0397. The van der Waals surface area contributed by atoms with E-state index in [-0.39, 0.29) is 5.69 Å². The summed E-state index contributed by atoms with van der Waals surface area (Å²) in [4.78, 5) is 14.5. The number of nitro groups is 1. The molecule has 5 nitrogen and oxygen atoms in total. The van der Waals surface area contributed by atoms with Crippen LogP contribution in [0.4, 0.5) is 5.69 Å². The Hall–Kier alpha value is -1.92. The van der Waals surface area contributed by atoms with E-state index in [0.29, 0.717) is 27.6 Å². The smallest absolute Gasteiger partial charge is 0.273 e. The number of benzene rings is 2. The highest BCUT2D eigenvalue weighted by Crippen LogP contribution is 2.32. The Bertz CT molecular complexity index is 832. The SMILES string of the molecule is O=[N+]([O-])c1ccc2nc(-c3ccc(Br)cc3Cl)oc2c1. The van der Waals surface area contributed by atoms with E-state index in [1.807, 2.05) is 6.07 Å². The predicted octanol–water partition coefficient (Wildman–Crippen LogP) is 4.82. The first-order valence-corrected chi connectivity index (χ1v) is 6.72. The molecule has 0 unspecified atom stereocenters. The molecule has 0 aliphatic heterocycles. The van der Waals surface area contributed by atoms with Crippen LogP contribution >= 0.6 is 27.5 Å². The van der Waals surface area contributed by atoms with Crippen LogP contribution in [0.25, 0.3) is 22.6 Å². The number of hydrogen-bond acceptors (Lipinski definition) is 4. The maximum atomic E-state index is 10.7. The van der Waals surface area contributed by atoms with Crippen LogP contribution in [0.15, 0.2) is 45.3 Å². The van der Waals surface area contributed by atoms with Crippen molar-refractivity contribution in [2.45, 2.75) is 0 Å². The molecule has 3 rings (SSSR count). The fourth-order valence-corrected chi connectivity index (χ4v) is 2.56. The second-order valence-electron chi connectivity index (χ2n) is 4.05. The van der Waals surface area contributed by atoms with Gasteiger partial charge in [0.1, 0.15) is 5.52 Å². The number of nitro benzene ring substituents is 1. The fourth-order valence-electron chi connectivity index (χ4n) is 1.80. The quantitative estimate of drug-likeness (QED) is 0.489. The number of halogens is 2. The largest absolute Gasteiger partial charge is 0.436 e. The number of hydrogen-bond donors (Lipinski definition) is 0. The van der Waals surface area contributed by atoms with Crippen LogP contribution in [0.1, 0.15) is 0 Å². The van der Waals surface area contributed by atoms with Gasteiger partial charge in [-0.2, -0.15) is 0 Å². The van der Waals surface area contributed by atoms with E-state index in [1.54, 1.807) is 18.2 Å². The van der Waals surface area contributed by atoms with Gasteiger partial charge in [-0.3, -0.25) is 10.1 Å². The summed E-state index contributed by atoms with van der Waals surface area (Å²) < 4.78 is 6.40. The summed E-state index contributed by atoms with van der Waals surface area (Å²) in [6, 6.07) is 9.60. The van der Waals surface area contributed by atoms with E-state index < -0.39 is 4.92 Å². The highest BCUT2D eigenvalue weighted by Gasteiger charge is 2.14. The highest BCUT2D eigenvalue weighted by molar-refractivity contribution is 9.10. The normalized spacial score (nSPS) is 10.9. The lowest BCUT2D eigenvalue weighted by Gasteiger charge is -1.99. The number of rotatable bonds is 2. The minimum Gasteiger partial charge on any atom is -0.436 e. The van der Waals surface area contributed by atoms with E-state index in [9.17, 15) is 10.1 Å². The Kier molecular flexibility index (Phi) is 3.19. The molecule has 0 saturated heterocycles. The average molecular weight is 354 g/mol. The third-order valence-corrected chi connectivity index (χ3v) is 3.55. The first-order chi connectivity index (χ1) is 9.54. The van der Waals surface area contributed by atoms with Crippen LogP contribution in [-0.2, 0) is 0 Å². The molecular formula is C13H6BrClN2O3. The Morgan fingerprint density at radius 3 is 2.75 bits per heavy atom. The van der Waals surface area contributed by atoms with Gasteiger partial charge in [0.2, 0.25) is 5.89 Å². The molecule has 2 aromatic carbocycles. The van der Waals surface area contributed by atoms with Crippen molar-refractivity contribution >= 4 is 44.3 Å². The van der Waals surface area contributed by atoms with Crippen LogP contribution in [0, 0.1) is 10.1 Å². The van der Waals surface area contributed by atoms with Crippen molar-refractivity contribution in [2.75, 3.05) is 0 Å². The van der Waals surface area contributed by atoms with Gasteiger partial charge < -0.3 is 4.42 Å². The van der Waals surface area contributed by atoms with Crippen molar-refractivity contribution in [1.29, 1.82) is 0 Å². The molecule has 0 bridgehead atoms. The average Bonchev–Trinajstić information content (AvgIpc) is 2.80. The van der Waals surface area contributed by atoms with E-state index in [0.717, 1.165) is 4.47 Å². The molecule has 0 aliphatic carbocycles. The van der Waals surface area contributed by atoms with Crippen LogP contribution in [-0.4, -0.2) is 9.91 Å². The molecule has 0 atom stereocenters. The fraction of sp³-hybridized carbons (Fsp3) is 0. The second kappa shape index (κ2) is 4.88. The number of aromatic nitrogens is 1. The molecule has 1 aromatic heterocycles. The monoisotopic (exact) mass is 352 g/mol. The third kappa shape index (κ3) is 2.28. The van der Waals surface area contributed by atoms with E-state index in [1.165, 1.54) is 12.1 Å². The number of nitrogens with zero attached hydrogens (tertiary/aromatic N) is 2. The van der Waals surface area contributed by atoms with Gasteiger partial charge in [-0.15, -0.1) is 0 Å². The lowest BCUT2D eigenvalue weighted by Crippen LogP contribution is -1.86. The standard InChI is InChI=1S/C13H6BrClN2O3/c14-7-1-3-9(10(15)5-7)13-16-11-4-2-8(17(18)19)6-12(11)20-13/h1-6H. The van der Waals surface area contributed by atoms with E-state index in [4.69, 9.17) is 16.0 Å². The van der Waals surface area contributed by atoms with Gasteiger partial charge in [0.05, 0.1) is 21.6 Å². The first kappa shape index (κ1) is 13.1. The van der Waals surface area contributed by atoms with Crippen molar-refractivity contribution < 1.29 is 9.34 Å². The van der Waals surface area contributed by atoms with Gasteiger partial charge in [-0.25, -0.2) is 4.98 Å². The molecule has 0 saturated carbocycles. The predicted molar refractivity (Wildman–Crippen MR) is 78.8 cm³/mol. The third-order valence-electron chi connectivity index (χ3n) is 2.74. The van der Waals surface area contributed by atoms with Crippen molar-refractivity contribution in [1.82, 2.24) is 4.98 Å². The minimum atomic E-state index is -0.478. The van der Waals surface area contributed by atoms with Gasteiger partial charge in [0, 0.05) is 10.5 Å². The maximum absolute atomic E-state index is 10.7. The first-order valence-electron chi connectivity index (χ1n) is 5.55. The Morgan fingerprint density at radius 1 is 1.25 bits per heavy atom. The van der Waals surface area contributed by atoms with Crippen LogP contribution < -0.4 is 0 Å². The summed E-state index contributed by atoms with van der Waals surface area (Å²) in [7, 11) is 0. The summed E-state index contributed by atoms with van der Waals surface area (Å²) in [5.74, 6) is 0.331. The molecule has 100 valence electrons. The van der Waals surface area contributed by atoms with E-state index >= 15 is 0 Å². The van der Waals surface area contributed by atoms with Gasteiger partial charge in [0.15, 0.2) is 5.58 Å². The van der Waals surface area contributed by atoms with Crippen LogP contribution in [0.2, 0.25) is 5.02 Å². The zero-order valence-electron chi connectivity index (χ0n) is 9.84. The molecule has 0 amide bonds. The molecule has 7 heteroatoms. The molecule has 0 radical (unpaired) electrons. The Balaban J connectivity index is 2.15. The number of non-ortho nitro benzene ring substituents is 1. The maximum Gasteiger partial charge on any atom is 0.273 e. The topological polar surface area (TPSA) is 69.2 Å². The van der Waals surface area contributed by atoms with Gasteiger partial charge in [0.25, 0.3) is 5.69 Å². The molecule has 0 aliphatic rings. The second-order valence-corrected chi connectivity index (χ2v) is 5.38. The van der Waals surface area contributed by atoms with Gasteiger partial charge in [-0.05, 0) is 24.3 Å². The van der Waals surface area contributed by atoms with Crippen LogP contribution in [0.5, 0.6) is 0 Å². The van der Waals surface area contributed by atoms with Crippen molar-refractivity contribution in [3.05, 3.63) is 56.0 Å². The lowest BCUT2D eigenvalue weighted by atomic mass is 10.2. The summed E-state index contributed by atoms with van der Waals surface area (Å²) in [5.41, 5.74) is 1.49. The van der Waals surface area contributed by atoms with Crippen molar-refractivity contribution in [2.24, 2.45) is 0 Å². The number of oxazole rings is 1. The van der Waals surface area contributed by atoms with Gasteiger partial charge in [-0.1, -0.05) is 27.5 Å². The molecule has 0 spiro atoms. The summed E-state index contributed by atoms with van der Waals surface area (Å²) >= 11 is 9.45. The molecule has 20 heavy (non-hydrogen) atoms. The van der Waals surface area contributed by atoms with Crippen LogP contribution in [0.3, 0.4) is 0 Å². The van der Waals surface area contributed by atoms with Crippen molar-refractivity contribution in [3.63, 3.8) is 0 Å². The Morgan fingerprint density at radius 2 is 2.05 bits per heavy atom. The lowest BCUT2D eigenvalue weighted by molar-refractivity contribution is -0.384. The zero-order chi connectivity index (χ0) is 14.3. The molecule has 1 heterocycles. The molecular weight excluding hydrogens is 348 g/mol. The summed E-state index contributed by atoms with van der Waals surface area (Å²) in [5, 5.41) is 11.2. The van der Waals surface area contributed by atoms with Gasteiger partial charge >= 0.3 is 0 Å². The Labute approximate surface area is 126 Å². The highest BCUT2D eigenvalue weighted by atomic mass is 79.9. The van der Waals surface area contributed by atoms with E-state index in [2.05, 4.69) is 20.9 Å². The molecule has 0 fully saturated rings. The summed E-state index contributed by atoms with van der Waals surface area (Å²) in [6.07, 6.45) is 0. The van der Waals surface area contributed by atoms with Crippen molar-refractivity contribution in [3.8, 4) is 11.5 Å². The zero-order valence-corrected chi connectivity index (χ0v) is 12.2. The number of fused-ring (bicyclic) bond motifs is 1. The summed E-state index contributed by atoms with van der Waals surface area (Å²) in [6.45, 7) is 0. The molecule has 0 N–H and O–H groups in total. The molecule has 3 aromatic rings.